The number of hydrogen-bond donors (Lipinski definition) is 3. The fourth-order valence-electron chi connectivity index (χ4n) is 4.23. The summed E-state index contributed by atoms with van der Waals surface area (Å²) >= 11 is 0. The monoisotopic (exact) mass is 513 g/mol. The summed E-state index contributed by atoms with van der Waals surface area (Å²) in [6.07, 6.45) is -3.59. The van der Waals surface area contributed by atoms with Gasteiger partial charge in [0.05, 0.1) is 16.5 Å². The smallest absolute Gasteiger partial charge is 0.407 e. The quantitative estimate of drug-likeness (QED) is 0.432. The Hall–Kier alpha value is -4.39. The molecular formula is C24H27N5O8. The summed E-state index contributed by atoms with van der Waals surface area (Å²) in [7, 11) is 0. The zero-order chi connectivity index (χ0) is 26.5. The van der Waals surface area contributed by atoms with Crippen LogP contribution in [-0.4, -0.2) is 111 Å². The summed E-state index contributed by atoms with van der Waals surface area (Å²) < 4.78 is 5.84. The fraction of sp³-hybridized carbons (Fsp3) is 0.375. The Balaban J connectivity index is 1.58. The first-order valence-electron chi connectivity index (χ1n) is 11.7. The molecule has 0 aliphatic carbocycles. The summed E-state index contributed by atoms with van der Waals surface area (Å²) in [6.45, 7) is 0.704. The number of hydrogen-bond acceptors (Lipinski definition) is 7. The number of amides is 3. The Morgan fingerprint density at radius 3 is 1.78 bits per heavy atom. The number of aromatic nitrogens is 1. The van der Waals surface area contributed by atoms with Gasteiger partial charge in [0.1, 0.15) is 5.58 Å². The van der Waals surface area contributed by atoms with Crippen molar-refractivity contribution < 1.29 is 34.1 Å². The van der Waals surface area contributed by atoms with E-state index in [0.717, 1.165) is 14.7 Å². The van der Waals surface area contributed by atoms with E-state index in [1.807, 2.05) is 4.90 Å². The van der Waals surface area contributed by atoms with Gasteiger partial charge in [0.2, 0.25) is 11.1 Å². The minimum atomic E-state index is -1.24. The van der Waals surface area contributed by atoms with Crippen molar-refractivity contribution in [2.75, 3.05) is 52.4 Å². The first-order valence-corrected chi connectivity index (χ1v) is 11.7. The van der Waals surface area contributed by atoms with Gasteiger partial charge in [0.25, 0.3) is 0 Å². The van der Waals surface area contributed by atoms with Crippen LogP contribution in [0.4, 0.5) is 14.4 Å². The minimum absolute atomic E-state index is 0.0466. The first kappa shape index (κ1) is 25.7. The SMILES string of the molecule is O=C(O)N1CCN(Cc2ccc3c(=O)c4ccccc4oc3n2)CCN(C(=O)O)CCN(C(=O)O)CC1. The van der Waals surface area contributed by atoms with Gasteiger partial charge in [-0.1, -0.05) is 12.1 Å². The topological polar surface area (TPSA) is 168 Å². The van der Waals surface area contributed by atoms with E-state index in [1.165, 1.54) is 0 Å². The lowest BCUT2D eigenvalue weighted by molar-refractivity contribution is 0.0974. The van der Waals surface area contributed by atoms with E-state index in [2.05, 4.69) is 4.98 Å². The van der Waals surface area contributed by atoms with E-state index in [0.29, 0.717) is 22.0 Å². The molecule has 0 saturated carbocycles. The zero-order valence-corrected chi connectivity index (χ0v) is 19.9. The molecule has 3 amide bonds. The van der Waals surface area contributed by atoms with Crippen molar-refractivity contribution >= 4 is 40.3 Å². The molecule has 37 heavy (non-hydrogen) atoms. The van der Waals surface area contributed by atoms with Gasteiger partial charge in [-0.25, -0.2) is 19.4 Å². The van der Waals surface area contributed by atoms with E-state index in [9.17, 15) is 34.5 Å². The number of rotatable bonds is 2. The van der Waals surface area contributed by atoms with Crippen LogP contribution in [0.25, 0.3) is 22.1 Å². The third kappa shape index (κ3) is 6.06. The number of carbonyl (C=O) groups is 3. The van der Waals surface area contributed by atoms with Gasteiger partial charge in [-0.05, 0) is 24.3 Å². The fourth-order valence-corrected chi connectivity index (χ4v) is 4.23. The highest BCUT2D eigenvalue weighted by Crippen LogP contribution is 2.18. The van der Waals surface area contributed by atoms with E-state index in [4.69, 9.17) is 4.42 Å². The lowest BCUT2D eigenvalue weighted by Crippen LogP contribution is -2.48. The number of benzene rings is 1. The molecule has 1 aliphatic heterocycles. The number of fused-ring (bicyclic) bond motifs is 2. The second kappa shape index (κ2) is 11.1. The van der Waals surface area contributed by atoms with Crippen molar-refractivity contribution in [2.45, 2.75) is 6.54 Å². The predicted molar refractivity (Wildman–Crippen MR) is 132 cm³/mol. The van der Waals surface area contributed by atoms with Crippen molar-refractivity contribution in [1.29, 1.82) is 0 Å². The highest BCUT2D eigenvalue weighted by Gasteiger charge is 2.23. The molecule has 1 aromatic carbocycles. The van der Waals surface area contributed by atoms with Crippen LogP contribution in [0.3, 0.4) is 0 Å². The average molecular weight is 514 g/mol. The van der Waals surface area contributed by atoms with Crippen LogP contribution in [-0.2, 0) is 6.54 Å². The van der Waals surface area contributed by atoms with Crippen molar-refractivity contribution in [2.24, 2.45) is 0 Å². The van der Waals surface area contributed by atoms with Crippen molar-refractivity contribution in [3.8, 4) is 0 Å². The second-order valence-corrected chi connectivity index (χ2v) is 8.67. The van der Waals surface area contributed by atoms with E-state index < -0.39 is 18.3 Å². The molecule has 4 rings (SSSR count). The maximum Gasteiger partial charge on any atom is 0.407 e. The van der Waals surface area contributed by atoms with Crippen molar-refractivity contribution in [3.63, 3.8) is 0 Å². The summed E-state index contributed by atoms with van der Waals surface area (Å²) in [4.78, 5) is 57.5. The maximum atomic E-state index is 12.8. The third-order valence-electron chi connectivity index (χ3n) is 6.35. The summed E-state index contributed by atoms with van der Waals surface area (Å²) in [5.74, 6) is 0. The second-order valence-electron chi connectivity index (χ2n) is 8.67. The van der Waals surface area contributed by atoms with E-state index >= 15 is 0 Å². The van der Waals surface area contributed by atoms with Gasteiger partial charge >= 0.3 is 18.3 Å². The molecule has 0 unspecified atom stereocenters. The van der Waals surface area contributed by atoms with Crippen LogP contribution >= 0.6 is 0 Å². The molecule has 3 N–H and O–H groups in total. The molecule has 0 radical (unpaired) electrons. The normalized spacial score (nSPS) is 16.4. The van der Waals surface area contributed by atoms with Crippen molar-refractivity contribution in [1.82, 2.24) is 24.6 Å². The third-order valence-corrected chi connectivity index (χ3v) is 6.35. The van der Waals surface area contributed by atoms with Crippen LogP contribution in [0.15, 0.2) is 45.6 Å². The van der Waals surface area contributed by atoms with Crippen LogP contribution in [0, 0.1) is 0 Å². The average Bonchev–Trinajstić information content (AvgIpc) is 2.85. The Labute approximate surface area is 210 Å². The zero-order valence-electron chi connectivity index (χ0n) is 19.9. The molecule has 0 atom stereocenters. The van der Waals surface area contributed by atoms with Crippen LogP contribution < -0.4 is 5.43 Å². The predicted octanol–water partition coefficient (Wildman–Crippen LogP) is 2.10. The molecule has 0 bridgehead atoms. The summed E-state index contributed by atoms with van der Waals surface area (Å²) in [5.41, 5.74) is 0.981. The molecule has 2 aromatic heterocycles. The Bertz CT molecular complexity index is 1350. The van der Waals surface area contributed by atoms with Gasteiger partial charge in [-0.2, -0.15) is 0 Å². The Morgan fingerprint density at radius 2 is 1.24 bits per heavy atom. The number of para-hydroxylation sites is 1. The van der Waals surface area contributed by atoms with Gasteiger partial charge in [-0.15, -0.1) is 0 Å². The van der Waals surface area contributed by atoms with E-state index in [-0.39, 0.29) is 70.0 Å². The summed E-state index contributed by atoms with van der Waals surface area (Å²) in [5, 5.41) is 29.4. The molecule has 1 saturated heterocycles. The van der Waals surface area contributed by atoms with Gasteiger partial charge in [-0.3, -0.25) is 9.69 Å². The maximum absolute atomic E-state index is 12.8. The highest BCUT2D eigenvalue weighted by atomic mass is 16.4. The molecular weight excluding hydrogens is 486 g/mol. The molecule has 3 heterocycles. The minimum Gasteiger partial charge on any atom is -0.465 e. The molecule has 1 aliphatic rings. The number of pyridine rings is 1. The van der Waals surface area contributed by atoms with Crippen LogP contribution in [0.5, 0.6) is 0 Å². The first-order chi connectivity index (χ1) is 17.7. The number of carboxylic acid groups (broad SMARTS) is 3. The van der Waals surface area contributed by atoms with E-state index in [1.54, 1.807) is 36.4 Å². The molecule has 196 valence electrons. The lowest BCUT2D eigenvalue weighted by Gasteiger charge is -2.31. The molecule has 0 spiro atoms. The molecule has 1 fully saturated rings. The molecule has 3 aromatic rings. The van der Waals surface area contributed by atoms with Gasteiger partial charge in [0, 0.05) is 58.9 Å². The van der Waals surface area contributed by atoms with Gasteiger partial charge in [0.15, 0.2) is 0 Å². The van der Waals surface area contributed by atoms with Gasteiger partial charge < -0.3 is 34.4 Å². The standard InChI is InChI=1S/C24H27N5O8/c30-20-17-3-1-2-4-19(17)37-21-18(20)6-5-16(25-21)15-26-7-9-27(22(31)32)11-13-29(24(35)36)14-12-28(10-8-26)23(33)34/h1-6H,7-15H2,(H,31,32)(H,33,34)(H,35,36). The Morgan fingerprint density at radius 1 is 0.730 bits per heavy atom. The lowest BCUT2D eigenvalue weighted by atomic mass is 10.2. The van der Waals surface area contributed by atoms with Crippen LogP contribution in [0.2, 0.25) is 0 Å². The molecule has 13 nitrogen and oxygen atoms in total. The van der Waals surface area contributed by atoms with Crippen LogP contribution in [0.1, 0.15) is 5.69 Å². The summed E-state index contributed by atoms with van der Waals surface area (Å²) in [6, 6.07) is 10.2. The Kier molecular flexibility index (Phi) is 7.72. The number of nitrogens with zero attached hydrogens (tertiary/aromatic N) is 5. The molecule has 13 heteroatoms. The highest BCUT2D eigenvalue weighted by molar-refractivity contribution is 5.87. The largest absolute Gasteiger partial charge is 0.465 e. The van der Waals surface area contributed by atoms with Crippen molar-refractivity contribution in [3.05, 3.63) is 52.3 Å².